The van der Waals surface area contributed by atoms with E-state index in [0.29, 0.717) is 12.4 Å². The third kappa shape index (κ3) is 4.59. The maximum atomic E-state index is 5.91. The lowest BCUT2D eigenvalue weighted by Crippen LogP contribution is -2.21. The van der Waals surface area contributed by atoms with Gasteiger partial charge in [-0.2, -0.15) is 0 Å². The zero-order valence-corrected chi connectivity index (χ0v) is 12.6. The van der Waals surface area contributed by atoms with Crippen molar-refractivity contribution in [3.05, 3.63) is 46.4 Å². The molecule has 0 saturated heterocycles. The van der Waals surface area contributed by atoms with Gasteiger partial charge < -0.3 is 26.3 Å². The first-order valence-corrected chi connectivity index (χ1v) is 6.39. The lowest BCUT2D eigenvalue weighted by molar-refractivity contribution is 0.390. The van der Waals surface area contributed by atoms with Crippen LogP contribution in [0.5, 0.6) is 11.5 Å². The third-order valence-corrected chi connectivity index (χ3v) is 2.85. The van der Waals surface area contributed by atoms with E-state index in [1.807, 2.05) is 25.1 Å². The second-order valence-electron chi connectivity index (χ2n) is 4.16. The number of nitrogens with two attached hydrogens (primary N) is 2. The number of methoxy groups -OCH3 is 2. The minimum atomic E-state index is 0.189. The van der Waals surface area contributed by atoms with Gasteiger partial charge in [0, 0.05) is 18.2 Å². The summed E-state index contributed by atoms with van der Waals surface area (Å²) in [6.07, 6.45) is 1.59. The van der Waals surface area contributed by atoms with E-state index < -0.39 is 0 Å². The molecule has 20 heavy (non-hydrogen) atoms. The fraction of sp³-hybridized carbons (Fsp3) is 0.286. The SMILES string of the molecule is COc1ccc(CN/C(N)=C(C)/C=C(\N)Cl)c(OC)c1. The van der Waals surface area contributed by atoms with Crippen LogP contribution in [-0.2, 0) is 6.54 Å². The van der Waals surface area contributed by atoms with Crippen molar-refractivity contribution < 1.29 is 9.47 Å². The van der Waals surface area contributed by atoms with Crippen LogP contribution in [-0.4, -0.2) is 14.2 Å². The fourth-order valence-corrected chi connectivity index (χ4v) is 1.78. The van der Waals surface area contributed by atoms with Crippen LogP contribution >= 0.6 is 11.6 Å². The molecule has 0 unspecified atom stereocenters. The fourth-order valence-electron chi connectivity index (χ4n) is 1.61. The lowest BCUT2D eigenvalue weighted by atomic mass is 10.2. The molecule has 0 radical (unpaired) electrons. The van der Waals surface area contributed by atoms with E-state index in [2.05, 4.69) is 5.32 Å². The number of hydrogen-bond donors (Lipinski definition) is 3. The molecule has 1 aromatic carbocycles. The third-order valence-electron chi connectivity index (χ3n) is 2.74. The van der Waals surface area contributed by atoms with Gasteiger partial charge in [-0.1, -0.05) is 11.6 Å². The summed E-state index contributed by atoms with van der Waals surface area (Å²) in [5, 5.41) is 3.28. The van der Waals surface area contributed by atoms with Crippen molar-refractivity contribution in [2.24, 2.45) is 11.5 Å². The van der Waals surface area contributed by atoms with Crippen molar-refractivity contribution in [1.82, 2.24) is 5.32 Å². The van der Waals surface area contributed by atoms with Crippen molar-refractivity contribution >= 4 is 11.6 Å². The Hall–Kier alpha value is -2.01. The molecule has 1 rings (SSSR count). The van der Waals surface area contributed by atoms with Crippen LogP contribution in [0.2, 0.25) is 0 Å². The normalized spacial score (nSPS) is 12.7. The van der Waals surface area contributed by atoms with Crippen LogP contribution in [0.1, 0.15) is 12.5 Å². The Balaban J connectivity index is 2.82. The summed E-state index contributed by atoms with van der Waals surface area (Å²) < 4.78 is 10.5. The molecule has 5 nitrogen and oxygen atoms in total. The summed E-state index contributed by atoms with van der Waals surface area (Å²) >= 11 is 5.60. The van der Waals surface area contributed by atoms with Crippen LogP contribution < -0.4 is 26.3 Å². The first kappa shape index (κ1) is 16.0. The van der Waals surface area contributed by atoms with Gasteiger partial charge in [0.25, 0.3) is 0 Å². The van der Waals surface area contributed by atoms with E-state index in [4.69, 9.17) is 32.5 Å². The van der Waals surface area contributed by atoms with E-state index in [0.717, 1.165) is 22.6 Å². The van der Waals surface area contributed by atoms with Crippen molar-refractivity contribution in [3.8, 4) is 11.5 Å². The van der Waals surface area contributed by atoms with E-state index in [1.54, 1.807) is 20.3 Å². The van der Waals surface area contributed by atoms with Crippen LogP contribution in [0, 0.1) is 0 Å². The van der Waals surface area contributed by atoms with Gasteiger partial charge in [0.05, 0.1) is 25.2 Å². The highest BCUT2D eigenvalue weighted by Crippen LogP contribution is 2.24. The second-order valence-corrected chi connectivity index (χ2v) is 4.59. The van der Waals surface area contributed by atoms with Crippen molar-refractivity contribution in [2.45, 2.75) is 13.5 Å². The van der Waals surface area contributed by atoms with E-state index in [9.17, 15) is 0 Å². The van der Waals surface area contributed by atoms with E-state index >= 15 is 0 Å². The summed E-state index contributed by atoms with van der Waals surface area (Å²) in [5.74, 6) is 1.98. The standard InChI is InChI=1S/C14H20ClN3O2/c1-9(6-13(15)16)14(17)18-8-10-4-5-11(19-2)7-12(10)20-3/h4-7,18H,8,16-17H2,1-3H3/b13-6-,14-9+. The van der Waals surface area contributed by atoms with Crippen molar-refractivity contribution in [3.63, 3.8) is 0 Å². The maximum absolute atomic E-state index is 5.91. The summed E-state index contributed by atoms with van der Waals surface area (Å²) in [7, 11) is 3.22. The summed E-state index contributed by atoms with van der Waals surface area (Å²) in [5.41, 5.74) is 13.0. The molecule has 0 aromatic heterocycles. The number of rotatable bonds is 6. The quantitative estimate of drug-likeness (QED) is 0.553. The Labute approximate surface area is 124 Å². The monoisotopic (exact) mass is 297 g/mol. The van der Waals surface area contributed by atoms with Gasteiger partial charge in [0.15, 0.2) is 0 Å². The highest BCUT2D eigenvalue weighted by Gasteiger charge is 2.05. The predicted octanol–water partition coefficient (Wildman–Crippen LogP) is 2.02. The van der Waals surface area contributed by atoms with E-state index in [1.165, 1.54) is 0 Å². The topological polar surface area (TPSA) is 82.5 Å². The Kier molecular flexibility index (Phi) is 6.06. The van der Waals surface area contributed by atoms with Gasteiger partial charge in [0.1, 0.15) is 11.5 Å². The Morgan fingerprint density at radius 2 is 2.00 bits per heavy atom. The zero-order chi connectivity index (χ0) is 15.1. The van der Waals surface area contributed by atoms with Gasteiger partial charge >= 0.3 is 0 Å². The number of hydrogen-bond acceptors (Lipinski definition) is 5. The molecule has 0 fully saturated rings. The number of halogens is 1. The van der Waals surface area contributed by atoms with E-state index in [-0.39, 0.29) is 5.16 Å². The zero-order valence-electron chi connectivity index (χ0n) is 11.9. The van der Waals surface area contributed by atoms with Gasteiger partial charge in [-0.25, -0.2) is 0 Å². The molecule has 1 aromatic rings. The molecular weight excluding hydrogens is 278 g/mol. The molecule has 110 valence electrons. The van der Waals surface area contributed by atoms with Gasteiger partial charge in [-0.05, 0) is 30.7 Å². The molecule has 0 heterocycles. The number of benzene rings is 1. The Morgan fingerprint density at radius 3 is 2.55 bits per heavy atom. The number of ether oxygens (including phenoxy) is 2. The molecule has 0 aliphatic rings. The van der Waals surface area contributed by atoms with Gasteiger partial charge in [0.2, 0.25) is 0 Å². The first-order valence-electron chi connectivity index (χ1n) is 6.01. The van der Waals surface area contributed by atoms with Crippen LogP contribution in [0.25, 0.3) is 0 Å². The van der Waals surface area contributed by atoms with Gasteiger partial charge in [-0.3, -0.25) is 0 Å². The molecule has 0 aliphatic heterocycles. The number of nitrogens with one attached hydrogen (secondary N) is 1. The number of allylic oxidation sites excluding steroid dienone is 2. The Bertz CT molecular complexity index is 523. The van der Waals surface area contributed by atoms with Crippen LogP contribution in [0.15, 0.2) is 40.8 Å². The lowest BCUT2D eigenvalue weighted by Gasteiger charge is -2.13. The minimum absolute atomic E-state index is 0.189. The molecular formula is C14H20ClN3O2. The Morgan fingerprint density at radius 1 is 1.30 bits per heavy atom. The summed E-state index contributed by atoms with van der Waals surface area (Å²) in [6.45, 7) is 2.34. The minimum Gasteiger partial charge on any atom is -0.497 e. The average molecular weight is 298 g/mol. The van der Waals surface area contributed by atoms with Crippen LogP contribution in [0.4, 0.5) is 0 Å². The average Bonchev–Trinajstić information content (AvgIpc) is 2.43. The highest BCUT2D eigenvalue weighted by molar-refractivity contribution is 6.29. The first-order chi connectivity index (χ1) is 9.47. The van der Waals surface area contributed by atoms with Crippen molar-refractivity contribution in [2.75, 3.05) is 14.2 Å². The molecule has 0 amide bonds. The maximum Gasteiger partial charge on any atom is 0.127 e. The predicted molar refractivity (Wildman–Crippen MR) is 81.4 cm³/mol. The molecule has 0 aliphatic carbocycles. The molecule has 0 saturated carbocycles. The van der Waals surface area contributed by atoms with Crippen molar-refractivity contribution in [1.29, 1.82) is 0 Å². The second kappa shape index (κ2) is 7.55. The molecule has 0 spiro atoms. The molecule has 5 N–H and O–H groups in total. The summed E-state index contributed by atoms with van der Waals surface area (Å²) in [4.78, 5) is 0. The smallest absolute Gasteiger partial charge is 0.127 e. The summed E-state index contributed by atoms with van der Waals surface area (Å²) in [6, 6.07) is 5.60. The highest BCUT2D eigenvalue weighted by atomic mass is 35.5. The van der Waals surface area contributed by atoms with Gasteiger partial charge in [-0.15, -0.1) is 0 Å². The van der Waals surface area contributed by atoms with Crippen LogP contribution in [0.3, 0.4) is 0 Å². The molecule has 0 bridgehead atoms. The largest absolute Gasteiger partial charge is 0.497 e. The molecule has 0 atom stereocenters. The molecule has 6 heteroatoms.